The van der Waals surface area contributed by atoms with Gasteiger partial charge in [-0.05, 0) is 47.5 Å². The molecule has 0 aliphatic heterocycles. The molecular weight excluding hydrogens is 430 g/mol. The predicted octanol–water partition coefficient (Wildman–Crippen LogP) is 4.83. The van der Waals surface area contributed by atoms with Crippen LogP contribution in [0.3, 0.4) is 0 Å². The number of hydrogen-bond acceptors (Lipinski definition) is 5. The Bertz CT molecular complexity index is 1360. The first-order chi connectivity index (χ1) is 16.7. The zero-order valence-electron chi connectivity index (χ0n) is 18.4. The minimum absolute atomic E-state index is 0.250. The Morgan fingerprint density at radius 3 is 2.09 bits per heavy atom. The lowest BCUT2D eigenvalue weighted by Gasteiger charge is -2.14. The maximum absolute atomic E-state index is 11.7. The van der Waals surface area contributed by atoms with E-state index in [9.17, 15) is 9.90 Å². The molecule has 5 aromatic rings. The van der Waals surface area contributed by atoms with E-state index in [4.69, 9.17) is 9.47 Å². The standard InChI is InChI=1S/C27H23N3O4/c31-27(32)24(33-17-20-6-2-1-3-7-20)16-19-10-12-21(13-11-19)34-18-30-25-22(8-4-14-28-25)23-9-5-15-29-26(23)30/h1-15,24H,16-18H2,(H,31,32). The molecule has 0 bridgehead atoms. The van der Waals surface area contributed by atoms with Crippen LogP contribution in [-0.2, 0) is 29.3 Å². The van der Waals surface area contributed by atoms with Crippen molar-refractivity contribution in [3.05, 3.63) is 102 Å². The molecule has 0 aliphatic carbocycles. The Balaban J connectivity index is 1.26. The number of carbonyl (C=O) groups is 1. The van der Waals surface area contributed by atoms with Gasteiger partial charge in [0.05, 0.1) is 6.61 Å². The first-order valence-electron chi connectivity index (χ1n) is 11.0. The molecule has 170 valence electrons. The van der Waals surface area contributed by atoms with E-state index in [0.29, 0.717) is 5.75 Å². The van der Waals surface area contributed by atoms with Crippen LogP contribution in [0.15, 0.2) is 91.3 Å². The van der Waals surface area contributed by atoms with Gasteiger partial charge in [0, 0.05) is 29.6 Å². The van der Waals surface area contributed by atoms with Gasteiger partial charge >= 0.3 is 5.97 Å². The summed E-state index contributed by atoms with van der Waals surface area (Å²) in [6.07, 6.45) is 2.85. The van der Waals surface area contributed by atoms with Crippen molar-refractivity contribution in [2.45, 2.75) is 25.9 Å². The van der Waals surface area contributed by atoms with E-state index in [2.05, 4.69) is 9.97 Å². The summed E-state index contributed by atoms with van der Waals surface area (Å²) in [6, 6.07) is 24.8. The van der Waals surface area contributed by atoms with Gasteiger partial charge < -0.3 is 14.6 Å². The molecule has 3 aromatic heterocycles. The molecule has 1 unspecified atom stereocenters. The zero-order valence-corrected chi connectivity index (χ0v) is 18.4. The number of rotatable bonds is 9. The second-order valence-corrected chi connectivity index (χ2v) is 7.92. The van der Waals surface area contributed by atoms with Gasteiger partial charge in [-0.15, -0.1) is 0 Å². The van der Waals surface area contributed by atoms with Crippen LogP contribution in [0.2, 0.25) is 0 Å². The molecule has 0 saturated carbocycles. The van der Waals surface area contributed by atoms with Crippen LogP contribution in [-0.4, -0.2) is 31.7 Å². The summed E-state index contributed by atoms with van der Waals surface area (Å²) >= 11 is 0. The topological polar surface area (TPSA) is 86.5 Å². The Morgan fingerprint density at radius 1 is 0.824 bits per heavy atom. The third-order valence-corrected chi connectivity index (χ3v) is 5.65. The summed E-state index contributed by atoms with van der Waals surface area (Å²) in [6.45, 7) is 0.505. The SMILES string of the molecule is O=C(O)C(Cc1ccc(OCn2c3ncccc3c3cccnc32)cc1)OCc1ccccc1. The normalized spacial score (nSPS) is 12.1. The monoisotopic (exact) mass is 453 g/mol. The smallest absolute Gasteiger partial charge is 0.333 e. The minimum Gasteiger partial charge on any atom is -0.479 e. The maximum atomic E-state index is 11.7. The van der Waals surface area contributed by atoms with Crippen LogP contribution in [0, 0.1) is 0 Å². The summed E-state index contributed by atoms with van der Waals surface area (Å²) in [5.41, 5.74) is 3.42. The summed E-state index contributed by atoms with van der Waals surface area (Å²) in [5, 5.41) is 11.6. The van der Waals surface area contributed by atoms with Gasteiger partial charge in [0.15, 0.2) is 12.8 Å². The lowest BCUT2D eigenvalue weighted by Crippen LogP contribution is -2.26. The van der Waals surface area contributed by atoms with E-state index in [1.807, 2.05) is 83.4 Å². The van der Waals surface area contributed by atoms with Crippen LogP contribution >= 0.6 is 0 Å². The number of hydrogen-bond donors (Lipinski definition) is 1. The molecule has 0 spiro atoms. The molecule has 7 nitrogen and oxygen atoms in total. The van der Waals surface area contributed by atoms with Crippen LogP contribution in [0.5, 0.6) is 5.75 Å². The number of pyridine rings is 2. The van der Waals surface area contributed by atoms with Crippen LogP contribution in [0.25, 0.3) is 22.1 Å². The summed E-state index contributed by atoms with van der Waals surface area (Å²) in [7, 11) is 0. The number of fused-ring (bicyclic) bond motifs is 3. The second kappa shape index (κ2) is 9.72. The highest BCUT2D eigenvalue weighted by Crippen LogP contribution is 2.26. The summed E-state index contributed by atoms with van der Waals surface area (Å²) < 4.78 is 13.6. The van der Waals surface area contributed by atoms with E-state index in [1.54, 1.807) is 12.4 Å². The number of benzene rings is 2. The maximum Gasteiger partial charge on any atom is 0.333 e. The zero-order chi connectivity index (χ0) is 23.3. The van der Waals surface area contributed by atoms with E-state index in [1.165, 1.54) is 0 Å². The quantitative estimate of drug-likeness (QED) is 0.344. The molecule has 0 aliphatic rings. The Morgan fingerprint density at radius 2 is 1.47 bits per heavy atom. The number of ether oxygens (including phenoxy) is 2. The van der Waals surface area contributed by atoms with Crippen LogP contribution < -0.4 is 4.74 Å². The Kier molecular flexibility index (Phi) is 6.18. The van der Waals surface area contributed by atoms with E-state index >= 15 is 0 Å². The molecule has 0 saturated heterocycles. The highest BCUT2D eigenvalue weighted by molar-refractivity contribution is 6.04. The fraction of sp³-hybridized carbons (Fsp3) is 0.148. The van der Waals surface area contributed by atoms with E-state index < -0.39 is 12.1 Å². The fourth-order valence-electron chi connectivity index (χ4n) is 3.93. The van der Waals surface area contributed by atoms with E-state index in [-0.39, 0.29) is 19.8 Å². The van der Waals surface area contributed by atoms with Crippen molar-refractivity contribution >= 4 is 28.0 Å². The Labute approximate surface area is 196 Å². The lowest BCUT2D eigenvalue weighted by molar-refractivity contribution is -0.151. The molecule has 5 rings (SSSR count). The fourth-order valence-corrected chi connectivity index (χ4v) is 3.93. The van der Waals surface area contributed by atoms with Crippen molar-refractivity contribution < 1.29 is 19.4 Å². The van der Waals surface area contributed by atoms with Gasteiger partial charge in [-0.3, -0.25) is 4.57 Å². The van der Waals surface area contributed by atoms with Gasteiger partial charge in [0.2, 0.25) is 0 Å². The number of carboxylic acids is 1. The summed E-state index contributed by atoms with van der Waals surface area (Å²) in [4.78, 5) is 20.7. The number of nitrogens with zero attached hydrogens (tertiary/aromatic N) is 3. The van der Waals surface area contributed by atoms with Gasteiger partial charge in [-0.2, -0.15) is 0 Å². The average Bonchev–Trinajstić information content (AvgIpc) is 3.20. The molecule has 1 atom stereocenters. The summed E-state index contributed by atoms with van der Waals surface area (Å²) in [5.74, 6) is -0.315. The molecule has 7 heteroatoms. The van der Waals surface area contributed by atoms with Crippen molar-refractivity contribution in [2.75, 3.05) is 0 Å². The highest BCUT2D eigenvalue weighted by atomic mass is 16.5. The minimum atomic E-state index is -0.984. The van der Waals surface area contributed by atoms with Crippen molar-refractivity contribution in [1.29, 1.82) is 0 Å². The largest absolute Gasteiger partial charge is 0.479 e. The van der Waals surface area contributed by atoms with Gasteiger partial charge in [0.25, 0.3) is 0 Å². The number of aliphatic carboxylic acids is 1. The molecule has 1 N–H and O–H groups in total. The molecule has 0 amide bonds. The molecule has 3 heterocycles. The second-order valence-electron chi connectivity index (χ2n) is 7.92. The van der Waals surface area contributed by atoms with Crippen LogP contribution in [0.1, 0.15) is 11.1 Å². The first kappa shape index (κ1) is 21.6. The molecule has 0 radical (unpaired) electrons. The van der Waals surface area contributed by atoms with E-state index in [0.717, 1.165) is 33.2 Å². The lowest BCUT2D eigenvalue weighted by atomic mass is 10.1. The van der Waals surface area contributed by atoms with Crippen molar-refractivity contribution in [3.8, 4) is 5.75 Å². The molecule has 0 fully saturated rings. The van der Waals surface area contributed by atoms with Crippen LogP contribution in [0.4, 0.5) is 0 Å². The molecule has 34 heavy (non-hydrogen) atoms. The molecule has 2 aromatic carbocycles. The van der Waals surface area contributed by atoms with Crippen molar-refractivity contribution in [3.63, 3.8) is 0 Å². The number of aromatic nitrogens is 3. The average molecular weight is 453 g/mol. The van der Waals surface area contributed by atoms with Crippen molar-refractivity contribution in [1.82, 2.24) is 14.5 Å². The molecular formula is C27H23N3O4. The highest BCUT2D eigenvalue weighted by Gasteiger charge is 2.19. The van der Waals surface area contributed by atoms with Crippen molar-refractivity contribution in [2.24, 2.45) is 0 Å². The number of carboxylic acid groups (broad SMARTS) is 1. The first-order valence-corrected chi connectivity index (χ1v) is 11.0. The van der Waals surface area contributed by atoms with Gasteiger partial charge in [-0.1, -0.05) is 42.5 Å². The third-order valence-electron chi connectivity index (χ3n) is 5.65. The van der Waals surface area contributed by atoms with Gasteiger partial charge in [0.1, 0.15) is 17.0 Å². The Hall–Kier alpha value is -4.23. The van der Waals surface area contributed by atoms with Gasteiger partial charge in [-0.25, -0.2) is 14.8 Å². The predicted molar refractivity (Wildman–Crippen MR) is 128 cm³/mol. The third kappa shape index (κ3) is 4.60.